The van der Waals surface area contributed by atoms with Gasteiger partial charge in [0.05, 0.1) is 6.61 Å². The van der Waals surface area contributed by atoms with Gasteiger partial charge in [0.2, 0.25) is 0 Å². The molecule has 0 aromatic carbocycles. The maximum atomic E-state index is 13.4. The molecule has 3 nitrogen and oxygen atoms in total. The van der Waals surface area contributed by atoms with E-state index in [1.807, 2.05) is 0 Å². The molecule has 0 rings (SSSR count). The van der Waals surface area contributed by atoms with E-state index in [0.717, 1.165) is 0 Å². The number of alkyl halides is 7. The van der Waals surface area contributed by atoms with Crippen molar-refractivity contribution in [2.24, 2.45) is 0 Å². The molecule has 0 spiro atoms. The normalized spacial score (nSPS) is 17.0. The van der Waals surface area contributed by atoms with Gasteiger partial charge in [-0.25, -0.2) is 9.53 Å². The number of rotatable bonds is 4. The van der Waals surface area contributed by atoms with E-state index in [1.54, 1.807) is 0 Å². The highest BCUT2D eigenvalue weighted by molar-refractivity contribution is 5.83. The summed E-state index contributed by atoms with van der Waals surface area (Å²) in [5.74, 6) is -6.57. The van der Waals surface area contributed by atoms with Crippen molar-refractivity contribution in [2.75, 3.05) is 6.61 Å². The van der Waals surface area contributed by atoms with E-state index < -0.39 is 29.9 Å². The van der Waals surface area contributed by atoms with Crippen molar-refractivity contribution < 1.29 is 45.0 Å². The van der Waals surface area contributed by atoms with Gasteiger partial charge >= 0.3 is 24.4 Å². The molecule has 0 amide bonds. The van der Waals surface area contributed by atoms with Crippen LogP contribution < -0.4 is 0 Å². The third kappa shape index (κ3) is 5.05. The summed E-state index contributed by atoms with van der Waals surface area (Å²) < 4.78 is 92.5. The van der Waals surface area contributed by atoms with Crippen LogP contribution in [-0.4, -0.2) is 31.0 Å². The highest BCUT2D eigenvalue weighted by Gasteiger charge is 2.63. The lowest BCUT2D eigenvalue weighted by molar-refractivity contribution is -0.435. The summed E-state index contributed by atoms with van der Waals surface area (Å²) in [7, 11) is 0. The van der Waals surface area contributed by atoms with Crippen molar-refractivity contribution in [1.82, 2.24) is 0 Å². The van der Waals surface area contributed by atoms with Crippen LogP contribution in [0.3, 0.4) is 0 Å². The molecule has 0 aliphatic rings. The Hall–Kier alpha value is -1.32. The Morgan fingerprint density at radius 2 is 1.58 bits per heavy atom. The highest BCUT2D eigenvalue weighted by atomic mass is 19.4. The first-order valence-electron chi connectivity index (χ1n) is 4.71. The Labute approximate surface area is 103 Å². The number of esters is 1. The van der Waals surface area contributed by atoms with E-state index in [0.29, 0.717) is 6.92 Å². The zero-order valence-corrected chi connectivity index (χ0v) is 9.65. The third-order valence-corrected chi connectivity index (χ3v) is 1.75. The number of carbonyl (C=O) groups is 1. The SMILES string of the molecule is CCOC(=O)/C=C(\C)C(F)(OC(F)(F)F)C(F)(F)F. The van der Waals surface area contributed by atoms with Gasteiger partial charge in [0, 0.05) is 11.6 Å². The van der Waals surface area contributed by atoms with Crippen LogP contribution in [-0.2, 0) is 14.3 Å². The molecule has 0 N–H and O–H groups in total. The zero-order chi connectivity index (χ0) is 15.5. The predicted octanol–water partition coefficient (Wildman–Crippen LogP) is 3.26. The van der Waals surface area contributed by atoms with Crippen LogP contribution in [0.5, 0.6) is 0 Å². The standard InChI is InChI=1S/C9H9F7O3/c1-3-18-6(17)4-5(2)7(10,8(11,12)13)19-9(14,15)16/h4H,3H2,1-2H3/b5-4+. The van der Waals surface area contributed by atoms with Crippen LogP contribution in [0.1, 0.15) is 13.8 Å². The molecule has 0 aromatic heterocycles. The maximum absolute atomic E-state index is 13.4. The fourth-order valence-electron chi connectivity index (χ4n) is 0.975. The summed E-state index contributed by atoms with van der Waals surface area (Å²) in [6.45, 7) is 1.39. The lowest BCUT2D eigenvalue weighted by Gasteiger charge is -2.29. The van der Waals surface area contributed by atoms with E-state index in [2.05, 4.69) is 9.47 Å². The minimum Gasteiger partial charge on any atom is -0.463 e. The predicted molar refractivity (Wildman–Crippen MR) is 47.4 cm³/mol. The molecule has 0 heterocycles. The smallest absolute Gasteiger partial charge is 0.463 e. The van der Waals surface area contributed by atoms with Crippen molar-refractivity contribution in [3.63, 3.8) is 0 Å². The van der Waals surface area contributed by atoms with Gasteiger partial charge in [-0.15, -0.1) is 13.2 Å². The highest BCUT2D eigenvalue weighted by Crippen LogP contribution is 2.44. The van der Waals surface area contributed by atoms with Crippen molar-refractivity contribution >= 4 is 5.97 Å². The Morgan fingerprint density at radius 1 is 1.11 bits per heavy atom. The topological polar surface area (TPSA) is 35.5 Å². The van der Waals surface area contributed by atoms with Crippen LogP contribution in [0.2, 0.25) is 0 Å². The number of carbonyl (C=O) groups excluding carboxylic acids is 1. The average Bonchev–Trinajstić information content (AvgIpc) is 2.12. The van der Waals surface area contributed by atoms with E-state index in [9.17, 15) is 35.5 Å². The fraction of sp³-hybridized carbons (Fsp3) is 0.667. The molecule has 0 saturated heterocycles. The molecule has 0 aromatic rings. The van der Waals surface area contributed by atoms with Gasteiger partial charge in [0.1, 0.15) is 0 Å². The lowest BCUT2D eigenvalue weighted by Crippen LogP contribution is -2.48. The molecule has 1 unspecified atom stereocenters. The number of hydrogen-bond acceptors (Lipinski definition) is 3. The summed E-state index contributed by atoms with van der Waals surface area (Å²) in [5.41, 5.74) is -1.63. The van der Waals surface area contributed by atoms with Crippen LogP contribution in [0, 0.1) is 0 Å². The molecule has 10 heteroatoms. The minimum absolute atomic E-state index is 0.0528. The largest absolute Gasteiger partial charge is 0.525 e. The molecular formula is C9H9F7O3. The minimum atomic E-state index is -6.02. The Morgan fingerprint density at radius 3 is 1.89 bits per heavy atom. The average molecular weight is 298 g/mol. The molecule has 19 heavy (non-hydrogen) atoms. The molecule has 112 valence electrons. The molecular weight excluding hydrogens is 289 g/mol. The van der Waals surface area contributed by atoms with Gasteiger partial charge in [-0.2, -0.15) is 17.6 Å². The Balaban J connectivity index is 5.44. The zero-order valence-electron chi connectivity index (χ0n) is 9.65. The summed E-state index contributed by atoms with van der Waals surface area (Å²) in [6.07, 6.45) is -12.0. The molecule has 0 bridgehead atoms. The van der Waals surface area contributed by atoms with Gasteiger partial charge in [0.15, 0.2) is 0 Å². The van der Waals surface area contributed by atoms with Crippen LogP contribution >= 0.6 is 0 Å². The first-order chi connectivity index (χ1) is 8.33. The van der Waals surface area contributed by atoms with E-state index in [-0.39, 0.29) is 12.7 Å². The number of ether oxygens (including phenoxy) is 2. The summed E-state index contributed by atoms with van der Waals surface area (Å²) >= 11 is 0. The summed E-state index contributed by atoms with van der Waals surface area (Å²) in [5, 5.41) is 0. The van der Waals surface area contributed by atoms with Gasteiger partial charge in [0.25, 0.3) is 0 Å². The molecule has 0 saturated carbocycles. The Bertz CT molecular complexity index is 358. The van der Waals surface area contributed by atoms with Crippen molar-refractivity contribution in [2.45, 2.75) is 32.2 Å². The third-order valence-electron chi connectivity index (χ3n) is 1.75. The maximum Gasteiger partial charge on any atom is 0.525 e. The van der Waals surface area contributed by atoms with Gasteiger partial charge in [-0.1, -0.05) is 0 Å². The molecule has 1 atom stereocenters. The number of halogens is 7. The second-order valence-corrected chi connectivity index (χ2v) is 3.22. The van der Waals surface area contributed by atoms with Crippen LogP contribution in [0.4, 0.5) is 30.7 Å². The van der Waals surface area contributed by atoms with Crippen molar-refractivity contribution in [3.05, 3.63) is 11.6 Å². The van der Waals surface area contributed by atoms with E-state index in [4.69, 9.17) is 0 Å². The van der Waals surface area contributed by atoms with Crippen LogP contribution in [0.25, 0.3) is 0 Å². The monoisotopic (exact) mass is 298 g/mol. The van der Waals surface area contributed by atoms with E-state index in [1.165, 1.54) is 6.92 Å². The van der Waals surface area contributed by atoms with Gasteiger partial charge < -0.3 is 4.74 Å². The van der Waals surface area contributed by atoms with Gasteiger partial charge in [-0.3, -0.25) is 0 Å². The first kappa shape index (κ1) is 17.7. The van der Waals surface area contributed by atoms with Crippen molar-refractivity contribution in [3.8, 4) is 0 Å². The van der Waals surface area contributed by atoms with Gasteiger partial charge in [-0.05, 0) is 13.8 Å². The molecule has 0 fully saturated rings. The fourth-order valence-corrected chi connectivity index (χ4v) is 0.975. The summed E-state index contributed by atoms with van der Waals surface area (Å²) in [6, 6.07) is 0. The molecule has 0 radical (unpaired) electrons. The number of hydrogen-bond donors (Lipinski definition) is 0. The second-order valence-electron chi connectivity index (χ2n) is 3.22. The second kappa shape index (κ2) is 5.76. The van der Waals surface area contributed by atoms with Crippen molar-refractivity contribution in [1.29, 1.82) is 0 Å². The first-order valence-corrected chi connectivity index (χ1v) is 4.71. The quantitative estimate of drug-likeness (QED) is 0.454. The van der Waals surface area contributed by atoms with E-state index >= 15 is 0 Å². The summed E-state index contributed by atoms with van der Waals surface area (Å²) in [4.78, 5) is 10.8. The van der Waals surface area contributed by atoms with Crippen LogP contribution in [0.15, 0.2) is 11.6 Å². The molecule has 0 aliphatic carbocycles. The Kier molecular flexibility index (Phi) is 5.36. The molecule has 0 aliphatic heterocycles. The lowest BCUT2D eigenvalue weighted by atomic mass is 10.1.